The van der Waals surface area contributed by atoms with E-state index in [1.54, 1.807) is 0 Å². The molecule has 0 heterocycles. The molecule has 0 aromatic heterocycles. The molecular formula is C60H106O6. The molecule has 0 rings (SSSR count). The van der Waals surface area contributed by atoms with Crippen LogP contribution in [-0.4, -0.2) is 37.2 Å². The molecule has 382 valence electrons. The van der Waals surface area contributed by atoms with Crippen molar-refractivity contribution >= 4 is 17.9 Å². The van der Waals surface area contributed by atoms with E-state index in [4.69, 9.17) is 14.2 Å². The van der Waals surface area contributed by atoms with Gasteiger partial charge in [0.05, 0.1) is 0 Å². The van der Waals surface area contributed by atoms with Gasteiger partial charge in [-0.05, 0) is 64.2 Å². The zero-order chi connectivity index (χ0) is 47.9. The molecular weight excluding hydrogens is 817 g/mol. The molecule has 0 spiro atoms. The molecule has 1 unspecified atom stereocenters. The monoisotopic (exact) mass is 923 g/mol. The summed E-state index contributed by atoms with van der Waals surface area (Å²) in [7, 11) is 0. The number of allylic oxidation sites excluding steroid dienone is 10. The minimum Gasteiger partial charge on any atom is -0.462 e. The summed E-state index contributed by atoms with van der Waals surface area (Å²) in [6.45, 7) is 6.41. The highest BCUT2D eigenvalue weighted by Crippen LogP contribution is 2.17. The molecule has 0 saturated carbocycles. The highest BCUT2D eigenvalue weighted by Gasteiger charge is 2.19. The van der Waals surface area contributed by atoms with Crippen molar-refractivity contribution in [3.63, 3.8) is 0 Å². The number of ether oxygens (including phenoxy) is 3. The molecule has 0 aliphatic carbocycles. The lowest BCUT2D eigenvalue weighted by Gasteiger charge is -2.18. The van der Waals surface area contributed by atoms with E-state index in [1.165, 1.54) is 154 Å². The van der Waals surface area contributed by atoms with Gasteiger partial charge >= 0.3 is 17.9 Å². The molecule has 0 aliphatic rings. The summed E-state index contributed by atoms with van der Waals surface area (Å²) in [4.78, 5) is 37.9. The minimum atomic E-state index is -0.812. The van der Waals surface area contributed by atoms with Crippen molar-refractivity contribution in [2.45, 2.75) is 290 Å². The normalized spacial score (nSPS) is 12.5. The quantitative estimate of drug-likeness (QED) is 0.0262. The molecule has 0 saturated heterocycles. The first kappa shape index (κ1) is 63.1. The van der Waals surface area contributed by atoms with Crippen LogP contribution < -0.4 is 0 Å². The topological polar surface area (TPSA) is 78.9 Å². The van der Waals surface area contributed by atoms with Crippen molar-refractivity contribution in [2.75, 3.05) is 13.2 Å². The number of unbranched alkanes of at least 4 members (excludes halogenated alkanes) is 30. The fraction of sp³-hybridized carbons (Fsp3) is 0.783. The van der Waals surface area contributed by atoms with Crippen molar-refractivity contribution in [1.82, 2.24) is 0 Å². The molecule has 0 radical (unpaired) electrons. The van der Waals surface area contributed by atoms with Crippen LogP contribution in [0.25, 0.3) is 0 Å². The molecule has 1 atom stereocenters. The maximum absolute atomic E-state index is 12.7. The van der Waals surface area contributed by atoms with Crippen LogP contribution in [0.15, 0.2) is 60.8 Å². The van der Waals surface area contributed by atoms with Crippen LogP contribution in [0.3, 0.4) is 0 Å². The molecule has 0 aliphatic heterocycles. The maximum atomic E-state index is 12.7. The summed E-state index contributed by atoms with van der Waals surface area (Å²) < 4.78 is 16.7. The van der Waals surface area contributed by atoms with E-state index in [1.807, 2.05) is 12.2 Å². The van der Waals surface area contributed by atoms with Gasteiger partial charge in [0, 0.05) is 19.3 Å². The summed E-state index contributed by atoms with van der Waals surface area (Å²) in [5.41, 5.74) is 0. The van der Waals surface area contributed by atoms with E-state index in [2.05, 4.69) is 69.4 Å². The van der Waals surface area contributed by atoms with Gasteiger partial charge in [0.25, 0.3) is 0 Å². The van der Waals surface area contributed by atoms with Crippen molar-refractivity contribution in [3.8, 4) is 0 Å². The van der Waals surface area contributed by atoms with E-state index < -0.39 is 6.10 Å². The minimum absolute atomic E-state index is 0.103. The summed E-state index contributed by atoms with van der Waals surface area (Å²) in [5, 5.41) is 0. The van der Waals surface area contributed by atoms with E-state index in [0.717, 1.165) is 83.5 Å². The van der Waals surface area contributed by atoms with Gasteiger partial charge < -0.3 is 14.2 Å². The Labute approximate surface area is 409 Å². The second kappa shape index (κ2) is 54.7. The molecule has 0 N–H and O–H groups in total. The van der Waals surface area contributed by atoms with Crippen molar-refractivity contribution in [2.24, 2.45) is 0 Å². The lowest BCUT2D eigenvalue weighted by Crippen LogP contribution is -2.30. The highest BCUT2D eigenvalue weighted by molar-refractivity contribution is 5.71. The lowest BCUT2D eigenvalue weighted by atomic mass is 10.0. The Morgan fingerprint density at radius 1 is 0.318 bits per heavy atom. The van der Waals surface area contributed by atoms with Crippen LogP contribution in [0.4, 0.5) is 0 Å². The zero-order valence-electron chi connectivity index (χ0n) is 43.7. The van der Waals surface area contributed by atoms with E-state index in [9.17, 15) is 14.4 Å². The summed E-state index contributed by atoms with van der Waals surface area (Å²) in [6.07, 6.45) is 68.3. The van der Waals surface area contributed by atoms with E-state index >= 15 is 0 Å². The molecule has 0 aromatic rings. The summed E-state index contributed by atoms with van der Waals surface area (Å²) in [5.74, 6) is -0.989. The van der Waals surface area contributed by atoms with Crippen molar-refractivity contribution in [1.29, 1.82) is 0 Å². The molecule has 6 heteroatoms. The van der Waals surface area contributed by atoms with Gasteiger partial charge in [-0.3, -0.25) is 14.4 Å². The van der Waals surface area contributed by atoms with Gasteiger partial charge in [0.2, 0.25) is 0 Å². The Balaban J connectivity index is 4.21. The van der Waals surface area contributed by atoms with Crippen LogP contribution in [0, 0.1) is 0 Å². The predicted octanol–water partition coefficient (Wildman–Crippen LogP) is 18.8. The molecule has 0 aromatic carbocycles. The summed E-state index contributed by atoms with van der Waals surface area (Å²) >= 11 is 0. The first-order valence-corrected chi connectivity index (χ1v) is 28.3. The van der Waals surface area contributed by atoms with Crippen LogP contribution in [0.1, 0.15) is 284 Å². The molecule has 0 fully saturated rings. The average molecular weight is 924 g/mol. The molecule has 0 amide bonds. The van der Waals surface area contributed by atoms with Crippen molar-refractivity contribution < 1.29 is 28.6 Å². The van der Waals surface area contributed by atoms with Crippen LogP contribution >= 0.6 is 0 Å². The fourth-order valence-electron chi connectivity index (χ4n) is 8.05. The Morgan fingerprint density at radius 3 is 1.05 bits per heavy atom. The Kier molecular flexibility index (Phi) is 52.3. The molecule has 66 heavy (non-hydrogen) atoms. The van der Waals surface area contributed by atoms with Crippen LogP contribution in [0.5, 0.6) is 0 Å². The maximum Gasteiger partial charge on any atom is 0.306 e. The number of hydrogen-bond donors (Lipinski definition) is 0. The number of hydrogen-bond acceptors (Lipinski definition) is 6. The SMILES string of the molecule is CC/C=C\C/C=C\C/C=C\C/C=C\CCC(=O)OC(COC(=O)CCCCCCC/C=C\CCC)COC(=O)CCCCCCCCCCCCCCCCCCCCCCCCCCC. The lowest BCUT2D eigenvalue weighted by molar-refractivity contribution is -0.166. The van der Waals surface area contributed by atoms with Crippen LogP contribution in [0.2, 0.25) is 0 Å². The van der Waals surface area contributed by atoms with Gasteiger partial charge in [-0.25, -0.2) is 0 Å². The first-order valence-electron chi connectivity index (χ1n) is 28.3. The number of carbonyl (C=O) groups excluding carboxylic acids is 3. The standard InChI is InChI=1S/C60H106O6/c1-4-7-10-13-16-19-22-24-25-26-27-28-29-30-31-32-33-34-35-37-38-41-44-47-50-53-59(62)65-56-57(55-64-58(61)52-49-46-43-40-21-18-15-12-9-6-3)66-60(63)54-51-48-45-42-39-36-23-20-17-14-11-8-5-2/h8,11-12,15,17,20,36,39,45,48,57H,4-7,9-10,13-14,16,18-19,21-35,37-38,40-44,46-47,49-56H2,1-3H3/b11-8-,15-12-,20-17-,39-36-,48-45-. The third kappa shape index (κ3) is 52.1. The van der Waals surface area contributed by atoms with Crippen molar-refractivity contribution in [3.05, 3.63) is 60.8 Å². The van der Waals surface area contributed by atoms with E-state index in [-0.39, 0.29) is 37.5 Å². The van der Waals surface area contributed by atoms with Gasteiger partial charge in [-0.2, -0.15) is 0 Å². The average Bonchev–Trinajstić information content (AvgIpc) is 3.31. The largest absolute Gasteiger partial charge is 0.462 e. The summed E-state index contributed by atoms with van der Waals surface area (Å²) in [6, 6.07) is 0. The number of rotatable bonds is 51. The second-order valence-corrected chi connectivity index (χ2v) is 18.8. The molecule has 0 bridgehead atoms. The third-order valence-electron chi connectivity index (χ3n) is 12.3. The third-order valence-corrected chi connectivity index (χ3v) is 12.3. The van der Waals surface area contributed by atoms with Gasteiger partial charge in [-0.15, -0.1) is 0 Å². The number of esters is 3. The van der Waals surface area contributed by atoms with Gasteiger partial charge in [-0.1, -0.05) is 261 Å². The number of carbonyl (C=O) groups is 3. The Bertz CT molecular complexity index is 1200. The van der Waals surface area contributed by atoms with Gasteiger partial charge in [0.1, 0.15) is 13.2 Å². The predicted molar refractivity (Wildman–Crippen MR) is 284 cm³/mol. The Morgan fingerprint density at radius 2 is 0.652 bits per heavy atom. The van der Waals surface area contributed by atoms with Crippen LogP contribution in [-0.2, 0) is 28.6 Å². The zero-order valence-corrected chi connectivity index (χ0v) is 43.7. The smallest absolute Gasteiger partial charge is 0.306 e. The fourth-order valence-corrected chi connectivity index (χ4v) is 8.05. The highest BCUT2D eigenvalue weighted by atomic mass is 16.6. The Hall–Kier alpha value is -2.89. The molecule has 6 nitrogen and oxygen atoms in total. The first-order chi connectivity index (χ1) is 32.5. The van der Waals surface area contributed by atoms with Gasteiger partial charge in [0.15, 0.2) is 6.10 Å². The van der Waals surface area contributed by atoms with E-state index in [0.29, 0.717) is 19.3 Å². The second-order valence-electron chi connectivity index (χ2n) is 18.8.